The summed E-state index contributed by atoms with van der Waals surface area (Å²) >= 11 is 0. The predicted molar refractivity (Wildman–Crippen MR) is 135 cm³/mol. The third-order valence-corrected chi connectivity index (χ3v) is 6.29. The maximum absolute atomic E-state index is 14.8. The van der Waals surface area contributed by atoms with Gasteiger partial charge in [0.15, 0.2) is 0 Å². The number of hydrogen-bond acceptors (Lipinski definition) is 5. The second-order valence-electron chi connectivity index (χ2n) is 10.2. The lowest BCUT2D eigenvalue weighted by Gasteiger charge is -2.43. The van der Waals surface area contributed by atoms with Crippen LogP contribution in [0.4, 0.5) is 14.0 Å². The van der Waals surface area contributed by atoms with Crippen molar-refractivity contribution in [2.75, 3.05) is 39.3 Å². The molecule has 0 radical (unpaired) electrons. The molecule has 1 aromatic carbocycles. The molecule has 2 aliphatic rings. The number of benzene rings is 1. The van der Waals surface area contributed by atoms with E-state index in [0.717, 1.165) is 0 Å². The molecule has 0 saturated carbocycles. The molecule has 1 saturated heterocycles. The molecule has 0 spiro atoms. The molecule has 2 N–H and O–H groups in total. The summed E-state index contributed by atoms with van der Waals surface area (Å²) in [7, 11) is 0. The Bertz CT molecular complexity index is 1020. The number of nitrogens with zero attached hydrogens (tertiary/aromatic N) is 3. The van der Waals surface area contributed by atoms with Gasteiger partial charge in [-0.05, 0) is 47.6 Å². The van der Waals surface area contributed by atoms with Gasteiger partial charge in [0.05, 0.1) is 18.2 Å². The Kier molecular flexibility index (Phi) is 8.60. The molecule has 36 heavy (non-hydrogen) atoms. The number of esters is 1. The molecule has 0 bridgehead atoms. The monoisotopic (exact) mass is 503 g/mol. The summed E-state index contributed by atoms with van der Waals surface area (Å²) in [6.45, 7) is 13.7. The SMILES string of the molecule is CCOC(=O)C1=C(CN2CCN(C(=O)NC(C)(C)C)C(C)C2)N(CC)C(=O)NC1c1ccccc1F. The number of urea groups is 2. The van der Waals surface area contributed by atoms with Crippen LogP contribution in [0.15, 0.2) is 35.5 Å². The molecular formula is C26H38FN5O4. The molecule has 3 rings (SSSR count). The summed E-state index contributed by atoms with van der Waals surface area (Å²) in [6.07, 6.45) is 0. The van der Waals surface area contributed by atoms with Gasteiger partial charge >= 0.3 is 18.0 Å². The van der Waals surface area contributed by atoms with Gasteiger partial charge in [-0.15, -0.1) is 0 Å². The minimum Gasteiger partial charge on any atom is -0.463 e. The van der Waals surface area contributed by atoms with E-state index in [4.69, 9.17) is 4.74 Å². The van der Waals surface area contributed by atoms with Crippen molar-refractivity contribution in [3.63, 3.8) is 0 Å². The van der Waals surface area contributed by atoms with Gasteiger partial charge < -0.3 is 20.3 Å². The highest BCUT2D eigenvalue weighted by molar-refractivity contribution is 5.95. The molecule has 0 aliphatic carbocycles. The predicted octanol–water partition coefficient (Wildman–Crippen LogP) is 3.24. The highest BCUT2D eigenvalue weighted by atomic mass is 19.1. The topological polar surface area (TPSA) is 94.2 Å². The van der Waals surface area contributed by atoms with E-state index in [0.29, 0.717) is 38.4 Å². The van der Waals surface area contributed by atoms with Crippen molar-refractivity contribution in [2.45, 2.75) is 59.2 Å². The van der Waals surface area contributed by atoms with Gasteiger partial charge in [0.25, 0.3) is 0 Å². The minimum atomic E-state index is -0.966. The highest BCUT2D eigenvalue weighted by Crippen LogP contribution is 2.33. The van der Waals surface area contributed by atoms with Gasteiger partial charge in [-0.1, -0.05) is 18.2 Å². The zero-order valence-electron chi connectivity index (χ0n) is 22.1. The molecule has 198 valence electrons. The normalized spacial score (nSPS) is 21.4. The van der Waals surface area contributed by atoms with Gasteiger partial charge in [-0.3, -0.25) is 9.80 Å². The minimum absolute atomic E-state index is 0.0809. The molecule has 2 aliphatic heterocycles. The second-order valence-corrected chi connectivity index (χ2v) is 10.2. The summed E-state index contributed by atoms with van der Waals surface area (Å²) < 4.78 is 20.1. The third kappa shape index (κ3) is 6.16. The average Bonchev–Trinajstić information content (AvgIpc) is 2.78. The number of halogens is 1. The van der Waals surface area contributed by atoms with Gasteiger partial charge in [0.2, 0.25) is 0 Å². The number of amides is 4. The largest absolute Gasteiger partial charge is 0.463 e. The maximum Gasteiger partial charge on any atom is 0.338 e. The number of rotatable bonds is 6. The van der Waals surface area contributed by atoms with E-state index in [9.17, 15) is 18.8 Å². The number of piperazine rings is 1. The molecule has 10 heteroatoms. The number of ether oxygens (including phenoxy) is 1. The molecule has 0 aromatic heterocycles. The molecule has 4 amide bonds. The summed E-state index contributed by atoms with van der Waals surface area (Å²) in [6, 6.07) is 4.54. The molecule has 1 fully saturated rings. The maximum atomic E-state index is 14.8. The van der Waals surface area contributed by atoms with Crippen LogP contribution in [0.25, 0.3) is 0 Å². The van der Waals surface area contributed by atoms with Crippen molar-refractivity contribution < 1.29 is 23.5 Å². The van der Waals surface area contributed by atoms with Crippen LogP contribution in [0.1, 0.15) is 53.1 Å². The van der Waals surface area contributed by atoms with Crippen LogP contribution < -0.4 is 10.6 Å². The fourth-order valence-electron chi connectivity index (χ4n) is 4.68. The van der Waals surface area contributed by atoms with E-state index in [-0.39, 0.29) is 35.4 Å². The van der Waals surface area contributed by atoms with E-state index >= 15 is 0 Å². The van der Waals surface area contributed by atoms with Crippen molar-refractivity contribution >= 4 is 18.0 Å². The van der Waals surface area contributed by atoms with Crippen LogP contribution in [0.3, 0.4) is 0 Å². The third-order valence-electron chi connectivity index (χ3n) is 6.29. The quantitative estimate of drug-likeness (QED) is 0.582. The summed E-state index contributed by atoms with van der Waals surface area (Å²) in [5.41, 5.74) is 0.586. The van der Waals surface area contributed by atoms with Gasteiger partial charge in [-0.25, -0.2) is 18.8 Å². The first-order valence-corrected chi connectivity index (χ1v) is 12.5. The summed E-state index contributed by atoms with van der Waals surface area (Å²) in [5, 5.41) is 5.80. The molecule has 2 heterocycles. The van der Waals surface area contributed by atoms with E-state index in [1.54, 1.807) is 30.0 Å². The van der Waals surface area contributed by atoms with E-state index in [2.05, 4.69) is 15.5 Å². The second kappa shape index (κ2) is 11.3. The standard InChI is InChI=1S/C26H38FN5O4/c1-7-31-20(16-30-13-14-32(17(3)15-30)25(35)29-26(4,5)6)21(23(33)36-8-2)22(28-24(31)34)18-11-9-10-12-19(18)27/h9-12,17,22H,7-8,13-16H2,1-6H3,(H,28,34)(H,29,35). The lowest BCUT2D eigenvalue weighted by Crippen LogP contribution is -2.59. The number of carbonyl (C=O) groups excluding carboxylic acids is 3. The van der Waals surface area contributed by atoms with Crippen molar-refractivity contribution in [3.8, 4) is 0 Å². The average molecular weight is 504 g/mol. The molecular weight excluding hydrogens is 465 g/mol. The Morgan fingerprint density at radius 1 is 1.19 bits per heavy atom. The molecule has 9 nitrogen and oxygen atoms in total. The van der Waals surface area contributed by atoms with Gasteiger partial charge in [0.1, 0.15) is 5.82 Å². The zero-order valence-corrected chi connectivity index (χ0v) is 22.1. The zero-order chi connectivity index (χ0) is 26.6. The van der Waals surface area contributed by atoms with Crippen molar-refractivity contribution in [3.05, 3.63) is 46.9 Å². The molecule has 1 aromatic rings. The van der Waals surface area contributed by atoms with Crippen molar-refractivity contribution in [1.82, 2.24) is 25.3 Å². The molecule has 2 atom stereocenters. The van der Waals surface area contributed by atoms with Crippen LogP contribution in [-0.4, -0.2) is 83.6 Å². The van der Waals surface area contributed by atoms with Gasteiger partial charge in [-0.2, -0.15) is 0 Å². The molecule has 2 unspecified atom stereocenters. The Hall–Kier alpha value is -3.14. The first-order valence-electron chi connectivity index (χ1n) is 12.5. The number of likely N-dealkylation sites (N-methyl/N-ethyl adjacent to an activating group) is 1. The Labute approximate surface area is 212 Å². The Morgan fingerprint density at radius 3 is 2.47 bits per heavy atom. The fourth-order valence-corrected chi connectivity index (χ4v) is 4.68. The van der Waals surface area contributed by atoms with Crippen LogP contribution in [0.5, 0.6) is 0 Å². The van der Waals surface area contributed by atoms with E-state index in [1.165, 1.54) is 11.0 Å². The van der Waals surface area contributed by atoms with Crippen molar-refractivity contribution in [2.24, 2.45) is 0 Å². The van der Waals surface area contributed by atoms with Crippen molar-refractivity contribution in [1.29, 1.82) is 0 Å². The fraction of sp³-hybridized carbons (Fsp3) is 0.577. The lowest BCUT2D eigenvalue weighted by molar-refractivity contribution is -0.139. The first kappa shape index (κ1) is 27.4. The van der Waals surface area contributed by atoms with Crippen LogP contribution in [-0.2, 0) is 9.53 Å². The number of nitrogens with one attached hydrogen (secondary N) is 2. The van der Waals surface area contributed by atoms with Crippen LogP contribution in [0.2, 0.25) is 0 Å². The first-order chi connectivity index (χ1) is 17.0. The Morgan fingerprint density at radius 2 is 1.89 bits per heavy atom. The Balaban J connectivity index is 1.94. The number of hydrogen-bond donors (Lipinski definition) is 2. The smallest absolute Gasteiger partial charge is 0.338 e. The van der Waals surface area contributed by atoms with Crippen LogP contribution in [0, 0.1) is 5.82 Å². The van der Waals surface area contributed by atoms with Gasteiger partial charge in [0, 0.05) is 55.6 Å². The highest BCUT2D eigenvalue weighted by Gasteiger charge is 2.40. The number of carbonyl (C=O) groups is 3. The summed E-state index contributed by atoms with van der Waals surface area (Å²) in [5.74, 6) is -1.10. The van der Waals surface area contributed by atoms with E-state index < -0.39 is 23.9 Å². The summed E-state index contributed by atoms with van der Waals surface area (Å²) in [4.78, 5) is 44.4. The van der Waals surface area contributed by atoms with Crippen LogP contribution >= 0.6 is 0 Å². The lowest BCUT2D eigenvalue weighted by atomic mass is 9.93. The van der Waals surface area contributed by atoms with E-state index in [1.807, 2.05) is 34.6 Å².